The molecule has 2 aliphatic carbocycles. The molecule has 2 N–H and O–H groups in total. The highest BCUT2D eigenvalue weighted by molar-refractivity contribution is 5.74. The Labute approximate surface area is 244 Å². The van der Waals surface area contributed by atoms with Crippen molar-refractivity contribution in [3.8, 4) is 0 Å². The number of allylic oxidation sites excluding steroid dienone is 1. The van der Waals surface area contributed by atoms with Crippen LogP contribution in [0.3, 0.4) is 0 Å². The number of urea groups is 1. The SMILES string of the molecule is C=CC.C=CCN(C(=O)NCc1ccc([N+](=O)[O-])cc1)C1CCN(C[C@H]2CC(C(CC3CC3)C(=O)O)CC2C)CC1. The van der Waals surface area contributed by atoms with E-state index in [1.165, 1.54) is 25.0 Å². The number of piperidine rings is 1. The molecule has 4 rings (SSSR count). The fourth-order valence-electron chi connectivity index (χ4n) is 6.47. The minimum Gasteiger partial charge on any atom is -0.481 e. The zero-order valence-corrected chi connectivity index (χ0v) is 24.7. The van der Waals surface area contributed by atoms with Crippen LogP contribution in [0.15, 0.2) is 49.6 Å². The van der Waals surface area contributed by atoms with Gasteiger partial charge in [-0.3, -0.25) is 14.9 Å². The lowest BCUT2D eigenvalue weighted by Crippen LogP contribution is -2.51. The molecule has 2 saturated carbocycles. The molecule has 2 amide bonds. The molecule has 41 heavy (non-hydrogen) atoms. The van der Waals surface area contributed by atoms with Gasteiger partial charge in [0.2, 0.25) is 0 Å². The van der Waals surface area contributed by atoms with E-state index < -0.39 is 10.9 Å². The largest absolute Gasteiger partial charge is 0.481 e. The van der Waals surface area contributed by atoms with Crippen molar-refractivity contribution in [1.82, 2.24) is 15.1 Å². The number of carbonyl (C=O) groups is 2. The van der Waals surface area contributed by atoms with E-state index in [0.717, 1.165) is 57.3 Å². The minimum atomic E-state index is -0.607. The summed E-state index contributed by atoms with van der Waals surface area (Å²) in [5.74, 6) is 1.22. The number of rotatable bonds is 12. The van der Waals surface area contributed by atoms with Crippen LogP contribution in [0.1, 0.15) is 64.4 Å². The Morgan fingerprint density at radius 1 is 1.17 bits per heavy atom. The predicted molar refractivity (Wildman–Crippen MR) is 161 cm³/mol. The third-order valence-corrected chi connectivity index (χ3v) is 8.92. The van der Waals surface area contributed by atoms with Crippen molar-refractivity contribution in [3.63, 3.8) is 0 Å². The van der Waals surface area contributed by atoms with E-state index in [1.54, 1.807) is 24.3 Å². The van der Waals surface area contributed by atoms with Crippen LogP contribution >= 0.6 is 0 Å². The zero-order valence-electron chi connectivity index (χ0n) is 24.7. The van der Waals surface area contributed by atoms with Crippen molar-refractivity contribution in [3.05, 3.63) is 65.3 Å². The number of carboxylic acids is 1. The van der Waals surface area contributed by atoms with Crippen LogP contribution in [0.4, 0.5) is 10.5 Å². The first-order chi connectivity index (χ1) is 19.7. The first kappa shape index (κ1) is 32.3. The molecule has 1 saturated heterocycles. The van der Waals surface area contributed by atoms with Gasteiger partial charge in [0.05, 0.1) is 10.8 Å². The van der Waals surface area contributed by atoms with Crippen LogP contribution in [0.5, 0.6) is 0 Å². The van der Waals surface area contributed by atoms with Gasteiger partial charge in [-0.2, -0.15) is 0 Å². The first-order valence-corrected chi connectivity index (χ1v) is 15.1. The summed E-state index contributed by atoms with van der Waals surface area (Å²) in [5, 5.41) is 23.6. The molecule has 0 spiro atoms. The molecule has 3 fully saturated rings. The molecule has 3 unspecified atom stereocenters. The Balaban J connectivity index is 0.00000147. The Hall–Kier alpha value is -3.20. The number of carbonyl (C=O) groups excluding carboxylic acids is 1. The fourth-order valence-corrected chi connectivity index (χ4v) is 6.47. The number of aliphatic carboxylic acids is 1. The second kappa shape index (κ2) is 15.7. The summed E-state index contributed by atoms with van der Waals surface area (Å²) in [6.45, 7) is 15.0. The smallest absolute Gasteiger partial charge is 0.318 e. The highest BCUT2D eigenvalue weighted by Crippen LogP contribution is 2.45. The number of hydrogen-bond acceptors (Lipinski definition) is 5. The molecule has 3 aliphatic rings. The Morgan fingerprint density at radius 2 is 1.80 bits per heavy atom. The normalized spacial score (nSPS) is 23.5. The molecule has 1 aromatic carbocycles. The fraction of sp³-hybridized carbons (Fsp3) is 0.625. The third-order valence-electron chi connectivity index (χ3n) is 8.92. The standard InChI is InChI=1S/C29H42N4O5.C3H6/c1-3-12-32(29(36)30-18-22-6-8-26(9-7-22)33(37)38)25-10-13-31(14-11-25)19-24-17-23(15-20(24)2)27(28(34)35)16-21-4-5-21;1-3-2/h3,6-9,20-21,23-25,27H,1,4-5,10-19H2,2H3,(H,30,36)(H,34,35);3H,1H2,2H3/t20?,23?,24-,27?;/m1./s1. The first-order valence-electron chi connectivity index (χ1n) is 15.1. The topological polar surface area (TPSA) is 116 Å². The Bertz CT molecular complexity index is 1030. The molecule has 226 valence electrons. The third kappa shape index (κ3) is 9.69. The number of likely N-dealkylation sites (tertiary alicyclic amines) is 1. The number of nitrogens with one attached hydrogen (secondary N) is 1. The number of amides is 2. The predicted octanol–water partition coefficient (Wildman–Crippen LogP) is 6.11. The molecule has 0 aromatic heterocycles. The quantitative estimate of drug-likeness (QED) is 0.178. The summed E-state index contributed by atoms with van der Waals surface area (Å²) >= 11 is 0. The lowest BCUT2D eigenvalue weighted by Gasteiger charge is -2.39. The number of nitro groups is 1. The van der Waals surface area contributed by atoms with Crippen molar-refractivity contribution in [1.29, 1.82) is 0 Å². The van der Waals surface area contributed by atoms with Crippen LogP contribution in [0, 0.1) is 39.7 Å². The maximum atomic E-state index is 13.0. The lowest BCUT2D eigenvalue weighted by atomic mass is 9.85. The Morgan fingerprint density at radius 3 is 2.34 bits per heavy atom. The van der Waals surface area contributed by atoms with Gasteiger partial charge < -0.3 is 20.2 Å². The van der Waals surface area contributed by atoms with Gasteiger partial charge in [0.1, 0.15) is 0 Å². The second-order valence-electron chi connectivity index (χ2n) is 12.1. The van der Waals surface area contributed by atoms with Gasteiger partial charge in [0.25, 0.3) is 5.69 Å². The molecule has 1 heterocycles. The van der Waals surface area contributed by atoms with Crippen LogP contribution < -0.4 is 5.32 Å². The number of carboxylic acid groups (broad SMARTS) is 1. The van der Waals surface area contributed by atoms with E-state index >= 15 is 0 Å². The van der Waals surface area contributed by atoms with E-state index in [1.807, 2.05) is 11.8 Å². The van der Waals surface area contributed by atoms with Crippen LogP contribution in [0.25, 0.3) is 0 Å². The summed E-state index contributed by atoms with van der Waals surface area (Å²) in [7, 11) is 0. The van der Waals surface area contributed by atoms with Gasteiger partial charge in [-0.15, -0.1) is 13.2 Å². The van der Waals surface area contributed by atoms with Crippen LogP contribution in [0.2, 0.25) is 0 Å². The van der Waals surface area contributed by atoms with E-state index in [4.69, 9.17) is 0 Å². The van der Waals surface area contributed by atoms with Gasteiger partial charge in [-0.1, -0.05) is 44.1 Å². The van der Waals surface area contributed by atoms with Gasteiger partial charge in [-0.05, 0) is 68.3 Å². The number of hydrogen-bond donors (Lipinski definition) is 2. The lowest BCUT2D eigenvalue weighted by molar-refractivity contribution is -0.384. The summed E-state index contributed by atoms with van der Waals surface area (Å²) in [6, 6.07) is 6.19. The second-order valence-corrected chi connectivity index (χ2v) is 12.1. The molecular weight excluding hydrogens is 520 g/mol. The molecule has 0 bridgehead atoms. The van der Waals surface area contributed by atoms with E-state index in [2.05, 4.69) is 30.3 Å². The van der Waals surface area contributed by atoms with E-state index in [9.17, 15) is 24.8 Å². The highest BCUT2D eigenvalue weighted by atomic mass is 16.6. The average Bonchev–Trinajstić information content (AvgIpc) is 3.71. The van der Waals surface area contributed by atoms with E-state index in [-0.39, 0.29) is 23.7 Å². The molecule has 1 aromatic rings. The summed E-state index contributed by atoms with van der Waals surface area (Å²) < 4.78 is 0. The molecule has 1 aliphatic heterocycles. The zero-order chi connectivity index (χ0) is 29.9. The van der Waals surface area contributed by atoms with Crippen molar-refractivity contribution in [2.75, 3.05) is 26.2 Å². The maximum Gasteiger partial charge on any atom is 0.318 e. The molecule has 0 radical (unpaired) electrons. The minimum absolute atomic E-state index is 0.0302. The summed E-state index contributed by atoms with van der Waals surface area (Å²) in [5.41, 5.74) is 0.839. The van der Waals surface area contributed by atoms with E-state index in [0.29, 0.717) is 36.8 Å². The molecule has 4 atom stereocenters. The van der Waals surface area contributed by atoms with Crippen molar-refractivity contribution in [2.45, 2.75) is 71.4 Å². The van der Waals surface area contributed by atoms with Gasteiger partial charge >= 0.3 is 12.0 Å². The number of nitro benzene ring substituents is 1. The van der Waals surface area contributed by atoms with Gasteiger partial charge in [0, 0.05) is 50.9 Å². The summed E-state index contributed by atoms with van der Waals surface area (Å²) in [6.07, 6.45) is 10.6. The maximum absolute atomic E-state index is 13.0. The monoisotopic (exact) mass is 568 g/mol. The molecule has 9 heteroatoms. The number of non-ortho nitro benzene ring substituents is 1. The molecular formula is C32H48N4O5. The van der Waals surface area contributed by atoms with Crippen molar-refractivity contribution >= 4 is 17.7 Å². The highest BCUT2D eigenvalue weighted by Gasteiger charge is 2.42. The van der Waals surface area contributed by atoms with Crippen molar-refractivity contribution < 1.29 is 19.6 Å². The molecule has 9 nitrogen and oxygen atoms in total. The average molecular weight is 569 g/mol. The number of benzene rings is 1. The van der Waals surface area contributed by atoms with Crippen LogP contribution in [-0.2, 0) is 11.3 Å². The van der Waals surface area contributed by atoms with Gasteiger partial charge in [0.15, 0.2) is 0 Å². The van der Waals surface area contributed by atoms with Crippen LogP contribution in [-0.4, -0.2) is 64.1 Å². The van der Waals surface area contributed by atoms with Crippen molar-refractivity contribution in [2.24, 2.45) is 29.6 Å². The van der Waals surface area contributed by atoms with Gasteiger partial charge in [-0.25, -0.2) is 4.79 Å². The number of nitrogens with zero attached hydrogens (tertiary/aromatic N) is 3. The summed E-state index contributed by atoms with van der Waals surface area (Å²) in [4.78, 5) is 39.7. The Kier molecular flexibility index (Phi) is 12.4.